The molecule has 3 heteroatoms. The number of benzene rings is 1. The van der Waals surface area contributed by atoms with E-state index >= 15 is 0 Å². The van der Waals surface area contributed by atoms with Crippen molar-refractivity contribution < 1.29 is 4.65 Å². The van der Waals surface area contributed by atoms with Crippen LogP contribution in [0.2, 0.25) is 0 Å². The molecule has 2 nitrogen and oxygen atoms in total. The number of hydrogen-bond donors (Lipinski definition) is 0. The molecule has 2 aliphatic heterocycles. The maximum Gasteiger partial charge on any atom is 0.399 e. The lowest BCUT2D eigenvalue weighted by Gasteiger charge is -2.31. The summed E-state index contributed by atoms with van der Waals surface area (Å²) >= 11 is 0. The lowest BCUT2D eigenvalue weighted by Crippen LogP contribution is -2.37. The highest BCUT2D eigenvalue weighted by Gasteiger charge is 2.48. The molecule has 1 radical (unpaired) electrons. The second kappa shape index (κ2) is 3.36. The molecule has 0 spiro atoms. The minimum absolute atomic E-state index is 0.141. The number of nitrogens with zero attached hydrogens (tertiary/aromatic N) is 1. The fourth-order valence-electron chi connectivity index (χ4n) is 2.79. The molecule has 1 aromatic rings. The molecule has 1 unspecified atom stereocenters. The molecule has 0 aromatic heterocycles. The van der Waals surface area contributed by atoms with Gasteiger partial charge in [-0.15, -0.1) is 0 Å². The number of hydrogen-bond acceptors (Lipinski definition) is 2. The van der Waals surface area contributed by atoms with Gasteiger partial charge < -0.3 is 9.47 Å². The van der Waals surface area contributed by atoms with Crippen molar-refractivity contribution in [1.82, 2.24) is 4.81 Å². The molecular weight excluding hydrogens is 185 g/mol. The largest absolute Gasteiger partial charge is 0.413 e. The van der Waals surface area contributed by atoms with Crippen molar-refractivity contribution in [3.63, 3.8) is 0 Å². The third kappa shape index (κ3) is 1.34. The van der Waals surface area contributed by atoms with Gasteiger partial charge in [0.2, 0.25) is 0 Å². The van der Waals surface area contributed by atoms with Gasteiger partial charge in [-0.25, -0.2) is 0 Å². The van der Waals surface area contributed by atoms with Gasteiger partial charge in [-0.2, -0.15) is 0 Å². The van der Waals surface area contributed by atoms with E-state index in [1.54, 1.807) is 0 Å². The molecule has 77 valence electrons. The van der Waals surface area contributed by atoms with E-state index in [4.69, 9.17) is 4.65 Å². The molecule has 0 bridgehead atoms. The normalized spacial score (nSPS) is 35.1. The average molecular weight is 200 g/mol. The minimum atomic E-state index is -0.141. The first-order chi connectivity index (χ1) is 7.31. The van der Waals surface area contributed by atoms with Crippen molar-refractivity contribution in [2.45, 2.75) is 31.4 Å². The van der Waals surface area contributed by atoms with Crippen LogP contribution in [0.3, 0.4) is 0 Å². The first-order valence-corrected chi connectivity index (χ1v) is 5.63. The highest BCUT2D eigenvalue weighted by atomic mass is 16.5. The van der Waals surface area contributed by atoms with Crippen LogP contribution in [0.25, 0.3) is 0 Å². The van der Waals surface area contributed by atoms with E-state index in [1.165, 1.54) is 18.4 Å². The highest BCUT2D eigenvalue weighted by molar-refractivity contribution is 6.25. The minimum Gasteiger partial charge on any atom is -0.413 e. The summed E-state index contributed by atoms with van der Waals surface area (Å²) in [7, 11) is 1.92. The smallest absolute Gasteiger partial charge is 0.399 e. The zero-order valence-electron chi connectivity index (χ0n) is 9.02. The van der Waals surface area contributed by atoms with Gasteiger partial charge in [0.15, 0.2) is 0 Å². The summed E-state index contributed by atoms with van der Waals surface area (Å²) in [5, 5.41) is 0. The first kappa shape index (κ1) is 9.43. The van der Waals surface area contributed by atoms with E-state index in [1.807, 2.05) is 7.62 Å². The molecule has 2 saturated heterocycles. The van der Waals surface area contributed by atoms with Gasteiger partial charge in [-0.1, -0.05) is 30.3 Å². The summed E-state index contributed by atoms with van der Waals surface area (Å²) in [5.41, 5.74) is 1.15. The predicted octanol–water partition coefficient (Wildman–Crippen LogP) is 1.93. The molecular formula is C12H15BNO. The van der Waals surface area contributed by atoms with Crippen molar-refractivity contribution in [3.8, 4) is 0 Å². The van der Waals surface area contributed by atoms with Gasteiger partial charge in [0.25, 0.3) is 0 Å². The Labute approximate surface area is 91.5 Å². The van der Waals surface area contributed by atoms with Gasteiger partial charge >= 0.3 is 7.62 Å². The molecule has 2 aliphatic rings. The van der Waals surface area contributed by atoms with Crippen molar-refractivity contribution in [2.24, 2.45) is 0 Å². The summed E-state index contributed by atoms with van der Waals surface area (Å²) in [6.07, 6.45) is 2.52. The Morgan fingerprint density at radius 2 is 2.20 bits per heavy atom. The molecule has 1 aromatic carbocycles. The van der Waals surface area contributed by atoms with Crippen LogP contribution in [0.15, 0.2) is 30.3 Å². The summed E-state index contributed by atoms with van der Waals surface area (Å²) in [6, 6.07) is 11.1. The Kier molecular flexibility index (Phi) is 2.11. The third-order valence-electron chi connectivity index (χ3n) is 3.71. The van der Waals surface area contributed by atoms with E-state index in [9.17, 15) is 0 Å². The van der Waals surface area contributed by atoms with Gasteiger partial charge in [0.05, 0.1) is 5.60 Å². The van der Waals surface area contributed by atoms with E-state index in [0.717, 1.165) is 6.54 Å². The summed E-state index contributed by atoms with van der Waals surface area (Å²) < 4.78 is 5.89. The second-order valence-electron chi connectivity index (χ2n) is 4.59. The SMILES string of the molecule is CC1(c2ccccc2)O[B]N2CCC[C@H]21. The molecule has 2 atom stereocenters. The standard InChI is InChI=1S/C12H15BNO/c1-12(10-6-3-2-4-7-10)11-8-5-9-14(11)13-15-12/h2-4,6-7,11H,5,8-9H2,1H3/t11-,12?/m0/s1. The Hall–Kier alpha value is -0.795. The molecule has 0 N–H and O–H groups in total. The Morgan fingerprint density at radius 1 is 1.40 bits per heavy atom. The van der Waals surface area contributed by atoms with Gasteiger partial charge in [-0.3, -0.25) is 0 Å². The van der Waals surface area contributed by atoms with E-state index in [2.05, 4.69) is 42.1 Å². The molecule has 0 aliphatic carbocycles. The number of fused-ring (bicyclic) bond motifs is 1. The van der Waals surface area contributed by atoms with Crippen LogP contribution in [0.5, 0.6) is 0 Å². The van der Waals surface area contributed by atoms with Crippen LogP contribution in [0.1, 0.15) is 25.3 Å². The maximum atomic E-state index is 5.89. The van der Waals surface area contributed by atoms with Gasteiger partial charge in [0.1, 0.15) is 0 Å². The molecule has 0 amide bonds. The van der Waals surface area contributed by atoms with Crippen molar-refractivity contribution >= 4 is 7.62 Å². The first-order valence-electron chi connectivity index (χ1n) is 5.63. The Morgan fingerprint density at radius 3 is 3.00 bits per heavy atom. The third-order valence-corrected chi connectivity index (χ3v) is 3.71. The Balaban J connectivity index is 1.97. The molecule has 15 heavy (non-hydrogen) atoms. The fraction of sp³-hybridized carbons (Fsp3) is 0.500. The quantitative estimate of drug-likeness (QED) is 0.642. The van der Waals surface area contributed by atoms with Crippen LogP contribution in [-0.2, 0) is 10.3 Å². The van der Waals surface area contributed by atoms with Crippen LogP contribution in [0, 0.1) is 0 Å². The summed E-state index contributed by atoms with van der Waals surface area (Å²) in [6.45, 7) is 3.35. The zero-order valence-corrected chi connectivity index (χ0v) is 9.02. The van der Waals surface area contributed by atoms with Crippen LogP contribution in [-0.4, -0.2) is 25.0 Å². The maximum absolute atomic E-state index is 5.89. The summed E-state index contributed by atoms with van der Waals surface area (Å²) in [4.78, 5) is 2.34. The van der Waals surface area contributed by atoms with Crippen molar-refractivity contribution in [3.05, 3.63) is 35.9 Å². The van der Waals surface area contributed by atoms with E-state index in [0.29, 0.717) is 6.04 Å². The predicted molar refractivity (Wildman–Crippen MR) is 60.4 cm³/mol. The van der Waals surface area contributed by atoms with Crippen LogP contribution < -0.4 is 0 Å². The lowest BCUT2D eigenvalue weighted by atomic mass is 9.87. The van der Waals surface area contributed by atoms with Crippen LogP contribution in [0.4, 0.5) is 0 Å². The summed E-state index contributed by atoms with van der Waals surface area (Å²) in [5.74, 6) is 0. The van der Waals surface area contributed by atoms with Crippen LogP contribution >= 0.6 is 0 Å². The molecule has 0 saturated carbocycles. The van der Waals surface area contributed by atoms with Gasteiger partial charge in [0, 0.05) is 6.04 Å². The van der Waals surface area contributed by atoms with E-state index in [-0.39, 0.29) is 5.60 Å². The fourth-order valence-corrected chi connectivity index (χ4v) is 2.79. The lowest BCUT2D eigenvalue weighted by molar-refractivity contribution is 0.0842. The highest BCUT2D eigenvalue weighted by Crippen LogP contribution is 2.41. The second-order valence-corrected chi connectivity index (χ2v) is 4.59. The molecule has 3 rings (SSSR count). The van der Waals surface area contributed by atoms with Crippen molar-refractivity contribution in [2.75, 3.05) is 6.54 Å². The average Bonchev–Trinajstić information content (AvgIpc) is 2.85. The number of rotatable bonds is 1. The molecule has 2 heterocycles. The van der Waals surface area contributed by atoms with Gasteiger partial charge in [-0.05, 0) is 31.9 Å². The van der Waals surface area contributed by atoms with Crippen molar-refractivity contribution in [1.29, 1.82) is 0 Å². The van der Waals surface area contributed by atoms with E-state index < -0.39 is 0 Å². The monoisotopic (exact) mass is 200 g/mol. The topological polar surface area (TPSA) is 12.5 Å². The zero-order chi connectivity index (χ0) is 10.3. The molecule has 2 fully saturated rings. The Bertz CT molecular complexity index is 356.